The molecule has 0 aromatic rings. The number of hydrogen-bond donors (Lipinski definition) is 0. The van der Waals surface area contributed by atoms with E-state index in [-0.39, 0.29) is 6.23 Å². The van der Waals surface area contributed by atoms with Crippen molar-refractivity contribution in [3.63, 3.8) is 0 Å². The van der Waals surface area contributed by atoms with Crippen LogP contribution in [0.2, 0.25) is 0 Å². The highest BCUT2D eigenvalue weighted by Gasteiger charge is 2.28. The normalized spacial score (nSPS) is 15.2. The average molecular weight is 399 g/mol. The molecule has 0 bridgehead atoms. The lowest BCUT2D eigenvalue weighted by Gasteiger charge is -2.34. The number of methoxy groups -OCH3 is 5. The standard InChI is InChI=1S/C17H39NO5P2/c1-9-16(20-5,21-6)24-13-11-18(15(3)19-4)12-14-25-17(10-2,22-7)23-8/h15,24-25H,9-14H2,1-8H3. The van der Waals surface area contributed by atoms with Gasteiger partial charge in [-0.05, 0) is 19.2 Å². The average Bonchev–Trinajstić information content (AvgIpc) is 2.67. The van der Waals surface area contributed by atoms with Crippen molar-refractivity contribution in [1.29, 1.82) is 0 Å². The molecule has 0 aromatic heterocycles. The van der Waals surface area contributed by atoms with Crippen LogP contribution in [0.15, 0.2) is 0 Å². The van der Waals surface area contributed by atoms with Gasteiger partial charge in [-0.3, -0.25) is 4.90 Å². The first-order valence-corrected chi connectivity index (χ1v) is 11.3. The molecule has 3 unspecified atom stereocenters. The zero-order chi connectivity index (χ0) is 19.3. The maximum absolute atomic E-state index is 5.58. The molecule has 0 amide bonds. The minimum atomic E-state index is -0.451. The Morgan fingerprint density at radius 2 is 1.12 bits per heavy atom. The second kappa shape index (κ2) is 13.7. The van der Waals surface area contributed by atoms with Gasteiger partial charge in [-0.15, -0.1) is 0 Å². The van der Waals surface area contributed by atoms with Crippen LogP contribution in [0.25, 0.3) is 0 Å². The molecule has 0 spiro atoms. The van der Waals surface area contributed by atoms with E-state index >= 15 is 0 Å². The molecule has 0 rings (SSSR count). The minimum Gasteiger partial charge on any atom is -0.367 e. The van der Waals surface area contributed by atoms with Crippen LogP contribution < -0.4 is 0 Å². The highest BCUT2D eigenvalue weighted by atomic mass is 31.1. The van der Waals surface area contributed by atoms with E-state index in [4.69, 9.17) is 23.7 Å². The molecule has 0 N–H and O–H groups in total. The van der Waals surface area contributed by atoms with E-state index in [0.717, 1.165) is 38.3 Å². The molecule has 0 saturated heterocycles. The Morgan fingerprint density at radius 1 is 0.760 bits per heavy atom. The van der Waals surface area contributed by atoms with E-state index in [1.807, 2.05) is 0 Å². The second-order valence-corrected chi connectivity index (χ2v) is 8.98. The van der Waals surface area contributed by atoms with Crippen LogP contribution in [0.1, 0.15) is 33.6 Å². The largest absolute Gasteiger partial charge is 0.367 e. The Kier molecular flexibility index (Phi) is 14.1. The SMILES string of the molecule is CCC(OC)(OC)PCCN(CCPC(CC)(OC)OC)C(C)OC. The molecule has 3 atom stereocenters. The predicted octanol–water partition coefficient (Wildman–Crippen LogP) is 3.35. The summed E-state index contributed by atoms with van der Waals surface area (Å²) in [4.78, 5) is 2.36. The molecule has 0 fully saturated rings. The zero-order valence-corrected chi connectivity index (χ0v) is 19.3. The second-order valence-electron chi connectivity index (χ2n) is 5.75. The topological polar surface area (TPSA) is 49.4 Å². The minimum absolute atomic E-state index is 0.0804. The van der Waals surface area contributed by atoms with Crippen LogP contribution in [0.3, 0.4) is 0 Å². The molecular weight excluding hydrogens is 360 g/mol. The number of ether oxygens (including phenoxy) is 5. The molecule has 8 heteroatoms. The first-order chi connectivity index (χ1) is 11.9. The van der Waals surface area contributed by atoms with Crippen LogP contribution in [0.5, 0.6) is 0 Å². The predicted molar refractivity (Wildman–Crippen MR) is 108 cm³/mol. The number of hydrogen-bond acceptors (Lipinski definition) is 6. The Balaban J connectivity index is 4.57. The molecule has 0 saturated carbocycles. The van der Waals surface area contributed by atoms with Crippen molar-refractivity contribution in [2.24, 2.45) is 0 Å². The molecule has 0 aromatic carbocycles. The van der Waals surface area contributed by atoms with Gasteiger partial charge < -0.3 is 23.7 Å². The molecule has 0 aliphatic carbocycles. The summed E-state index contributed by atoms with van der Waals surface area (Å²) in [5, 5.41) is 0. The highest BCUT2D eigenvalue weighted by Crippen LogP contribution is 2.37. The maximum atomic E-state index is 5.58. The Labute approximate surface area is 158 Å². The van der Waals surface area contributed by atoms with E-state index in [1.54, 1.807) is 35.5 Å². The van der Waals surface area contributed by atoms with Crippen molar-refractivity contribution in [2.45, 2.75) is 50.9 Å². The summed E-state index contributed by atoms with van der Waals surface area (Å²) in [6, 6.07) is 0. The van der Waals surface area contributed by atoms with Gasteiger partial charge in [0.1, 0.15) is 6.23 Å². The Hall–Kier alpha value is 0.620. The molecule has 6 nitrogen and oxygen atoms in total. The van der Waals surface area contributed by atoms with Gasteiger partial charge in [0.25, 0.3) is 0 Å². The van der Waals surface area contributed by atoms with Crippen molar-refractivity contribution in [1.82, 2.24) is 4.90 Å². The fraction of sp³-hybridized carbons (Fsp3) is 1.00. The van der Waals surface area contributed by atoms with Gasteiger partial charge in [-0.25, -0.2) is 0 Å². The van der Waals surface area contributed by atoms with Crippen molar-refractivity contribution in [3.8, 4) is 0 Å². The Bertz CT molecular complexity index is 286. The van der Waals surface area contributed by atoms with Crippen LogP contribution in [0, 0.1) is 0 Å². The molecule has 25 heavy (non-hydrogen) atoms. The van der Waals surface area contributed by atoms with Crippen LogP contribution >= 0.6 is 17.2 Å². The van der Waals surface area contributed by atoms with Crippen LogP contribution in [-0.2, 0) is 23.7 Å². The lowest BCUT2D eigenvalue weighted by Crippen LogP contribution is -2.39. The van der Waals surface area contributed by atoms with E-state index in [9.17, 15) is 0 Å². The summed E-state index contributed by atoms with van der Waals surface area (Å²) < 4.78 is 27.9. The third-order valence-electron chi connectivity index (χ3n) is 4.69. The van der Waals surface area contributed by atoms with E-state index in [2.05, 4.69) is 25.7 Å². The summed E-state index contributed by atoms with van der Waals surface area (Å²) in [5.74, 6) is 0. The number of rotatable bonds is 16. The molecular formula is C17H39NO5P2. The van der Waals surface area contributed by atoms with E-state index < -0.39 is 11.1 Å². The first kappa shape index (κ1) is 25.6. The maximum Gasteiger partial charge on any atom is 0.182 e. The quantitative estimate of drug-likeness (QED) is 0.293. The lowest BCUT2D eigenvalue weighted by molar-refractivity contribution is -0.138. The van der Waals surface area contributed by atoms with Crippen LogP contribution in [-0.4, -0.2) is 83.1 Å². The van der Waals surface area contributed by atoms with Gasteiger partial charge in [0, 0.05) is 61.5 Å². The third-order valence-corrected chi connectivity index (χ3v) is 8.24. The van der Waals surface area contributed by atoms with Crippen molar-refractivity contribution < 1.29 is 23.7 Å². The molecule has 0 heterocycles. The van der Waals surface area contributed by atoms with Gasteiger partial charge in [-0.1, -0.05) is 31.0 Å². The van der Waals surface area contributed by atoms with Gasteiger partial charge in [0.2, 0.25) is 0 Å². The van der Waals surface area contributed by atoms with Gasteiger partial charge >= 0.3 is 0 Å². The summed E-state index contributed by atoms with van der Waals surface area (Å²) in [6.07, 6.45) is 3.80. The van der Waals surface area contributed by atoms with Gasteiger partial charge in [-0.2, -0.15) is 0 Å². The van der Waals surface area contributed by atoms with Crippen molar-refractivity contribution >= 4 is 17.2 Å². The molecule has 152 valence electrons. The van der Waals surface area contributed by atoms with Gasteiger partial charge in [0.15, 0.2) is 11.1 Å². The van der Waals surface area contributed by atoms with Gasteiger partial charge in [0.05, 0.1) is 0 Å². The van der Waals surface area contributed by atoms with Crippen LogP contribution in [0.4, 0.5) is 0 Å². The zero-order valence-electron chi connectivity index (χ0n) is 17.3. The van der Waals surface area contributed by atoms with E-state index in [0.29, 0.717) is 17.2 Å². The number of nitrogens with zero attached hydrogens (tertiary/aromatic N) is 1. The smallest absolute Gasteiger partial charge is 0.182 e. The first-order valence-electron chi connectivity index (χ1n) is 8.89. The molecule has 0 aliphatic rings. The van der Waals surface area contributed by atoms with E-state index in [1.165, 1.54) is 0 Å². The lowest BCUT2D eigenvalue weighted by atomic mass is 10.4. The molecule has 0 aliphatic heterocycles. The third kappa shape index (κ3) is 8.45. The summed E-state index contributed by atoms with van der Waals surface area (Å²) in [6.45, 7) is 8.18. The monoisotopic (exact) mass is 399 g/mol. The van der Waals surface area contributed by atoms with Crippen molar-refractivity contribution in [3.05, 3.63) is 0 Å². The summed E-state index contributed by atoms with van der Waals surface area (Å²) in [7, 11) is 9.80. The fourth-order valence-corrected chi connectivity index (χ4v) is 5.32. The summed E-state index contributed by atoms with van der Waals surface area (Å²) in [5.41, 5.74) is -0.902. The highest BCUT2D eigenvalue weighted by molar-refractivity contribution is 7.39. The fourth-order valence-electron chi connectivity index (χ4n) is 2.69. The van der Waals surface area contributed by atoms with Crippen molar-refractivity contribution in [2.75, 3.05) is 61.0 Å². The summed E-state index contributed by atoms with van der Waals surface area (Å²) >= 11 is 0. The Morgan fingerprint density at radius 3 is 1.36 bits per heavy atom. The molecule has 0 radical (unpaired) electrons.